The van der Waals surface area contributed by atoms with E-state index >= 15 is 0 Å². The Morgan fingerprint density at radius 3 is 2.57 bits per heavy atom. The van der Waals surface area contributed by atoms with E-state index in [9.17, 15) is 18.0 Å². The molecule has 0 aliphatic carbocycles. The van der Waals surface area contributed by atoms with Crippen LogP contribution < -0.4 is 5.43 Å². The molecular formula is C11H10Cl2F3N3O2. The predicted octanol–water partition coefficient (Wildman–Crippen LogP) is 4.06. The fourth-order valence-electron chi connectivity index (χ4n) is 1.24. The average molecular weight is 344 g/mol. The van der Waals surface area contributed by atoms with Crippen molar-refractivity contribution in [3.63, 3.8) is 0 Å². The standard InChI is InChI=1S/C11H10Cl2F3N3O2/c1-5(2-3-8(20)21)18-19-10-7(12)4-6(9(13)17-10)11(14,15)16/h4H,2-3H2,1H3,(H,17,19)(H,20,21)/b18-5+. The molecule has 2 N–H and O–H groups in total. The number of nitrogens with zero attached hydrogens (tertiary/aromatic N) is 2. The Balaban J connectivity index is 2.88. The number of halogens is 5. The third-order valence-corrected chi connectivity index (χ3v) is 2.86. The second-order valence-electron chi connectivity index (χ2n) is 4.01. The van der Waals surface area contributed by atoms with Gasteiger partial charge in [-0.1, -0.05) is 23.2 Å². The molecule has 0 saturated carbocycles. The van der Waals surface area contributed by atoms with Crippen LogP contribution in [-0.4, -0.2) is 21.8 Å². The van der Waals surface area contributed by atoms with Gasteiger partial charge in [0.25, 0.3) is 0 Å². The number of alkyl halides is 3. The minimum absolute atomic E-state index is 0.119. The Morgan fingerprint density at radius 2 is 2.05 bits per heavy atom. The highest BCUT2D eigenvalue weighted by molar-refractivity contribution is 6.34. The number of aromatic nitrogens is 1. The van der Waals surface area contributed by atoms with Gasteiger partial charge in [-0.25, -0.2) is 4.98 Å². The number of rotatable bonds is 5. The summed E-state index contributed by atoms with van der Waals surface area (Å²) >= 11 is 11.1. The zero-order valence-corrected chi connectivity index (χ0v) is 12.1. The lowest BCUT2D eigenvalue weighted by Crippen LogP contribution is -2.09. The van der Waals surface area contributed by atoms with Gasteiger partial charge in [0.15, 0.2) is 5.82 Å². The SMILES string of the molecule is C/C(CCC(=O)O)=N\Nc1nc(Cl)c(C(F)(F)F)cc1Cl. The molecule has 0 bridgehead atoms. The summed E-state index contributed by atoms with van der Waals surface area (Å²) in [6.07, 6.45) is -4.60. The van der Waals surface area contributed by atoms with E-state index in [4.69, 9.17) is 28.3 Å². The maximum absolute atomic E-state index is 12.6. The van der Waals surface area contributed by atoms with E-state index in [1.807, 2.05) is 0 Å². The van der Waals surface area contributed by atoms with Gasteiger partial charge in [0.05, 0.1) is 17.0 Å². The van der Waals surface area contributed by atoms with Gasteiger partial charge in [0.2, 0.25) is 0 Å². The molecule has 0 fully saturated rings. The van der Waals surface area contributed by atoms with Gasteiger partial charge in [-0.15, -0.1) is 0 Å². The van der Waals surface area contributed by atoms with E-state index in [-0.39, 0.29) is 23.7 Å². The second kappa shape index (κ2) is 6.95. The Hall–Kier alpha value is -1.54. The van der Waals surface area contributed by atoms with Crippen molar-refractivity contribution in [2.75, 3.05) is 5.43 Å². The van der Waals surface area contributed by atoms with Gasteiger partial charge in [0, 0.05) is 5.71 Å². The number of carboxylic acid groups (broad SMARTS) is 1. The molecule has 0 unspecified atom stereocenters. The van der Waals surface area contributed by atoms with Crippen molar-refractivity contribution in [3.05, 3.63) is 21.8 Å². The van der Waals surface area contributed by atoms with Crippen LogP contribution in [0.15, 0.2) is 11.2 Å². The van der Waals surface area contributed by atoms with Crippen LogP contribution in [0.3, 0.4) is 0 Å². The van der Waals surface area contributed by atoms with Gasteiger partial charge in [-0.3, -0.25) is 10.2 Å². The lowest BCUT2D eigenvalue weighted by molar-refractivity contribution is -0.138. The van der Waals surface area contributed by atoms with Gasteiger partial charge in [-0.05, 0) is 19.4 Å². The van der Waals surface area contributed by atoms with E-state index in [0.717, 1.165) is 0 Å². The first-order chi connectivity index (χ1) is 9.61. The van der Waals surface area contributed by atoms with E-state index < -0.39 is 22.9 Å². The molecule has 1 aromatic heterocycles. The first-order valence-electron chi connectivity index (χ1n) is 5.55. The third-order valence-electron chi connectivity index (χ3n) is 2.29. The molecule has 0 aliphatic heterocycles. The fourth-order valence-corrected chi connectivity index (χ4v) is 1.68. The lowest BCUT2D eigenvalue weighted by atomic mass is 10.2. The number of pyridine rings is 1. The first kappa shape index (κ1) is 17.5. The maximum atomic E-state index is 12.6. The third kappa shape index (κ3) is 5.39. The van der Waals surface area contributed by atoms with Crippen LogP contribution in [0.4, 0.5) is 19.0 Å². The number of carbonyl (C=O) groups is 1. The molecule has 0 atom stereocenters. The number of hydrogen-bond acceptors (Lipinski definition) is 4. The number of carboxylic acids is 1. The highest BCUT2D eigenvalue weighted by atomic mass is 35.5. The van der Waals surface area contributed by atoms with Crippen molar-refractivity contribution >= 4 is 40.7 Å². The topological polar surface area (TPSA) is 74.6 Å². The quantitative estimate of drug-likeness (QED) is 0.480. The van der Waals surface area contributed by atoms with Crippen LogP contribution in [0.25, 0.3) is 0 Å². The van der Waals surface area contributed by atoms with E-state index in [1.165, 1.54) is 0 Å². The van der Waals surface area contributed by atoms with Gasteiger partial charge < -0.3 is 5.11 Å². The average Bonchev–Trinajstić information content (AvgIpc) is 2.35. The summed E-state index contributed by atoms with van der Waals surface area (Å²) in [5.41, 5.74) is 1.63. The summed E-state index contributed by atoms with van der Waals surface area (Å²) in [6, 6.07) is 0.640. The van der Waals surface area contributed by atoms with Crippen molar-refractivity contribution in [3.8, 4) is 0 Å². The Kier molecular flexibility index (Phi) is 5.79. The van der Waals surface area contributed by atoms with Crippen LogP contribution in [0.1, 0.15) is 25.3 Å². The summed E-state index contributed by atoms with van der Waals surface area (Å²) in [4.78, 5) is 13.9. The minimum atomic E-state index is -4.66. The van der Waals surface area contributed by atoms with Gasteiger partial charge in [0.1, 0.15) is 5.15 Å². The normalized spacial score (nSPS) is 12.4. The van der Waals surface area contributed by atoms with Crippen molar-refractivity contribution in [1.29, 1.82) is 0 Å². The lowest BCUT2D eigenvalue weighted by Gasteiger charge is -2.11. The molecular weight excluding hydrogens is 334 g/mol. The van der Waals surface area contributed by atoms with Crippen molar-refractivity contribution in [2.24, 2.45) is 5.10 Å². The summed E-state index contributed by atoms with van der Waals surface area (Å²) in [7, 11) is 0. The van der Waals surface area contributed by atoms with Gasteiger partial charge >= 0.3 is 12.1 Å². The number of anilines is 1. The van der Waals surface area contributed by atoms with Crippen molar-refractivity contribution in [1.82, 2.24) is 4.98 Å². The smallest absolute Gasteiger partial charge is 0.419 e. The van der Waals surface area contributed by atoms with E-state index in [0.29, 0.717) is 11.8 Å². The number of hydrazone groups is 1. The fraction of sp³-hybridized carbons (Fsp3) is 0.364. The molecule has 5 nitrogen and oxygen atoms in total. The molecule has 1 aromatic rings. The molecule has 10 heteroatoms. The monoisotopic (exact) mass is 343 g/mol. The molecule has 116 valence electrons. The molecule has 0 radical (unpaired) electrons. The molecule has 0 aliphatic rings. The molecule has 21 heavy (non-hydrogen) atoms. The molecule has 1 rings (SSSR count). The highest BCUT2D eigenvalue weighted by Crippen LogP contribution is 2.37. The Labute approximate surface area is 127 Å². The zero-order chi connectivity index (χ0) is 16.2. The van der Waals surface area contributed by atoms with Crippen LogP contribution in [-0.2, 0) is 11.0 Å². The van der Waals surface area contributed by atoms with Crippen LogP contribution in [0.2, 0.25) is 10.2 Å². The van der Waals surface area contributed by atoms with Crippen LogP contribution in [0, 0.1) is 0 Å². The Bertz CT molecular complexity index is 577. The number of hydrogen-bond donors (Lipinski definition) is 2. The predicted molar refractivity (Wildman–Crippen MR) is 72.9 cm³/mol. The maximum Gasteiger partial charge on any atom is 0.419 e. The molecule has 1 heterocycles. The molecule has 0 saturated heterocycles. The number of aliphatic carboxylic acids is 1. The van der Waals surface area contributed by atoms with E-state index in [2.05, 4.69) is 15.5 Å². The highest BCUT2D eigenvalue weighted by Gasteiger charge is 2.34. The molecule has 0 amide bonds. The van der Waals surface area contributed by atoms with Crippen LogP contribution >= 0.6 is 23.2 Å². The van der Waals surface area contributed by atoms with E-state index in [1.54, 1.807) is 6.92 Å². The second-order valence-corrected chi connectivity index (χ2v) is 4.77. The van der Waals surface area contributed by atoms with Crippen molar-refractivity contribution < 1.29 is 23.1 Å². The largest absolute Gasteiger partial charge is 0.481 e. The molecule has 0 spiro atoms. The summed E-state index contributed by atoms with van der Waals surface area (Å²) in [5.74, 6) is -1.14. The Morgan fingerprint density at radius 1 is 1.43 bits per heavy atom. The summed E-state index contributed by atoms with van der Waals surface area (Å²) in [5, 5.41) is 11.2. The minimum Gasteiger partial charge on any atom is -0.481 e. The first-order valence-corrected chi connectivity index (χ1v) is 6.31. The van der Waals surface area contributed by atoms with Gasteiger partial charge in [-0.2, -0.15) is 18.3 Å². The van der Waals surface area contributed by atoms with Crippen molar-refractivity contribution in [2.45, 2.75) is 25.9 Å². The number of nitrogens with one attached hydrogen (secondary N) is 1. The summed E-state index contributed by atoms with van der Waals surface area (Å²) in [6.45, 7) is 1.55. The summed E-state index contributed by atoms with van der Waals surface area (Å²) < 4.78 is 37.7. The van der Waals surface area contributed by atoms with Crippen LogP contribution in [0.5, 0.6) is 0 Å². The zero-order valence-electron chi connectivity index (χ0n) is 10.6. The molecule has 0 aromatic carbocycles.